The van der Waals surface area contributed by atoms with Crippen molar-refractivity contribution < 1.29 is 9.90 Å². The van der Waals surface area contributed by atoms with Crippen LogP contribution in [0.25, 0.3) is 0 Å². The van der Waals surface area contributed by atoms with Gasteiger partial charge in [-0.1, -0.05) is 30.3 Å². The Morgan fingerprint density at radius 3 is 2.72 bits per heavy atom. The number of amides is 1. The van der Waals surface area contributed by atoms with Crippen molar-refractivity contribution >= 4 is 5.91 Å². The van der Waals surface area contributed by atoms with Crippen LogP contribution in [-0.2, 0) is 11.2 Å². The van der Waals surface area contributed by atoms with Gasteiger partial charge in [0.1, 0.15) is 0 Å². The van der Waals surface area contributed by atoms with Crippen LogP contribution < -0.4 is 5.32 Å². The Morgan fingerprint density at radius 1 is 1.28 bits per heavy atom. The summed E-state index contributed by atoms with van der Waals surface area (Å²) in [6.07, 6.45) is 3.92. The summed E-state index contributed by atoms with van der Waals surface area (Å²) in [6, 6.07) is 10.1. The maximum Gasteiger partial charge on any atom is 0.220 e. The van der Waals surface area contributed by atoms with Crippen LogP contribution in [0.15, 0.2) is 30.3 Å². The van der Waals surface area contributed by atoms with E-state index in [1.54, 1.807) is 0 Å². The first-order chi connectivity index (χ1) is 8.74. The fourth-order valence-electron chi connectivity index (χ4n) is 2.48. The third kappa shape index (κ3) is 4.15. The van der Waals surface area contributed by atoms with E-state index in [-0.39, 0.29) is 12.0 Å². The van der Waals surface area contributed by atoms with Gasteiger partial charge in [-0.25, -0.2) is 0 Å². The van der Waals surface area contributed by atoms with Gasteiger partial charge in [-0.15, -0.1) is 0 Å². The van der Waals surface area contributed by atoms with Gasteiger partial charge in [0.15, 0.2) is 0 Å². The van der Waals surface area contributed by atoms with Gasteiger partial charge in [-0.3, -0.25) is 4.79 Å². The van der Waals surface area contributed by atoms with Gasteiger partial charge in [-0.2, -0.15) is 0 Å². The van der Waals surface area contributed by atoms with Gasteiger partial charge < -0.3 is 10.4 Å². The number of hydrogen-bond donors (Lipinski definition) is 2. The number of carbonyl (C=O) groups is 1. The lowest BCUT2D eigenvalue weighted by Crippen LogP contribution is -2.28. The molecule has 0 aromatic heterocycles. The van der Waals surface area contributed by atoms with Crippen LogP contribution in [0.1, 0.15) is 31.2 Å². The van der Waals surface area contributed by atoms with Crippen molar-refractivity contribution in [2.75, 3.05) is 6.54 Å². The first-order valence-electron chi connectivity index (χ1n) is 6.72. The molecule has 98 valence electrons. The number of aliphatic hydroxyl groups excluding tert-OH is 1. The molecule has 0 bridgehead atoms. The van der Waals surface area contributed by atoms with E-state index in [2.05, 4.69) is 5.32 Å². The van der Waals surface area contributed by atoms with E-state index >= 15 is 0 Å². The molecular formula is C15H21NO2. The van der Waals surface area contributed by atoms with Gasteiger partial charge in [0.2, 0.25) is 5.91 Å². The normalized spacial score (nSPS) is 22.9. The molecule has 1 saturated carbocycles. The molecule has 0 radical (unpaired) electrons. The van der Waals surface area contributed by atoms with Gasteiger partial charge in [-0.05, 0) is 37.2 Å². The molecule has 2 atom stereocenters. The molecule has 0 saturated heterocycles. The standard InChI is InChI=1S/C15H21NO2/c17-14-8-6-13(10-14)11-16-15(18)9-7-12-4-2-1-3-5-12/h1-5,13-14,17H,6-11H2,(H,16,18). The Hall–Kier alpha value is -1.35. The highest BCUT2D eigenvalue weighted by Gasteiger charge is 2.22. The van der Waals surface area contributed by atoms with Crippen molar-refractivity contribution in [3.8, 4) is 0 Å². The third-order valence-electron chi connectivity index (χ3n) is 3.59. The number of hydrogen-bond acceptors (Lipinski definition) is 2. The molecule has 3 heteroatoms. The summed E-state index contributed by atoms with van der Waals surface area (Å²) in [4.78, 5) is 11.7. The van der Waals surface area contributed by atoms with Gasteiger partial charge in [0.25, 0.3) is 0 Å². The van der Waals surface area contributed by atoms with Crippen molar-refractivity contribution in [3.63, 3.8) is 0 Å². The van der Waals surface area contributed by atoms with E-state index in [1.807, 2.05) is 30.3 Å². The molecule has 0 spiro atoms. The van der Waals surface area contributed by atoms with Crippen molar-refractivity contribution in [1.29, 1.82) is 0 Å². The van der Waals surface area contributed by atoms with Crippen molar-refractivity contribution in [3.05, 3.63) is 35.9 Å². The van der Waals surface area contributed by atoms with E-state index in [9.17, 15) is 9.90 Å². The fourth-order valence-corrected chi connectivity index (χ4v) is 2.48. The SMILES string of the molecule is O=C(CCc1ccccc1)NCC1CCC(O)C1. The number of aryl methyl sites for hydroxylation is 1. The van der Waals surface area contributed by atoms with E-state index < -0.39 is 0 Å². The van der Waals surface area contributed by atoms with Crippen LogP contribution in [0.3, 0.4) is 0 Å². The monoisotopic (exact) mass is 247 g/mol. The molecule has 1 aliphatic rings. The predicted molar refractivity (Wildman–Crippen MR) is 71.1 cm³/mol. The number of aliphatic hydroxyl groups is 1. The molecule has 1 aromatic carbocycles. The molecule has 2 rings (SSSR count). The molecule has 1 fully saturated rings. The van der Waals surface area contributed by atoms with E-state index in [4.69, 9.17) is 0 Å². The van der Waals surface area contributed by atoms with Crippen LogP contribution in [0.4, 0.5) is 0 Å². The smallest absolute Gasteiger partial charge is 0.220 e. The molecule has 1 aliphatic carbocycles. The summed E-state index contributed by atoms with van der Waals surface area (Å²) in [7, 11) is 0. The second-order valence-electron chi connectivity index (χ2n) is 5.12. The summed E-state index contributed by atoms with van der Waals surface area (Å²) in [5.74, 6) is 0.570. The highest BCUT2D eigenvalue weighted by molar-refractivity contribution is 5.76. The Labute approximate surface area is 108 Å². The molecular weight excluding hydrogens is 226 g/mol. The maximum absolute atomic E-state index is 11.7. The minimum atomic E-state index is -0.156. The van der Waals surface area contributed by atoms with Gasteiger partial charge >= 0.3 is 0 Å². The van der Waals surface area contributed by atoms with E-state index in [1.165, 1.54) is 5.56 Å². The van der Waals surface area contributed by atoms with Crippen LogP contribution in [0.5, 0.6) is 0 Å². The quantitative estimate of drug-likeness (QED) is 0.835. The van der Waals surface area contributed by atoms with Crippen LogP contribution in [-0.4, -0.2) is 23.7 Å². The highest BCUT2D eigenvalue weighted by atomic mass is 16.3. The second kappa shape index (κ2) is 6.55. The second-order valence-corrected chi connectivity index (χ2v) is 5.12. The Kier molecular flexibility index (Phi) is 4.76. The molecule has 1 amide bonds. The van der Waals surface area contributed by atoms with Crippen molar-refractivity contribution in [2.24, 2.45) is 5.92 Å². The van der Waals surface area contributed by atoms with Crippen molar-refractivity contribution in [1.82, 2.24) is 5.32 Å². The zero-order valence-electron chi connectivity index (χ0n) is 10.6. The summed E-state index contributed by atoms with van der Waals surface area (Å²) < 4.78 is 0. The molecule has 3 nitrogen and oxygen atoms in total. The highest BCUT2D eigenvalue weighted by Crippen LogP contribution is 2.24. The van der Waals surface area contributed by atoms with Crippen molar-refractivity contribution in [2.45, 2.75) is 38.2 Å². The molecule has 0 aliphatic heterocycles. The molecule has 0 heterocycles. The Morgan fingerprint density at radius 2 is 2.06 bits per heavy atom. The lowest BCUT2D eigenvalue weighted by molar-refractivity contribution is -0.121. The zero-order chi connectivity index (χ0) is 12.8. The first kappa shape index (κ1) is 13.1. The number of rotatable bonds is 5. The minimum absolute atomic E-state index is 0.111. The number of benzene rings is 1. The lowest BCUT2D eigenvalue weighted by atomic mass is 10.1. The van der Waals surface area contributed by atoms with Crippen LogP contribution in [0, 0.1) is 5.92 Å². The summed E-state index contributed by atoms with van der Waals surface area (Å²) in [5, 5.41) is 12.4. The number of nitrogens with one attached hydrogen (secondary N) is 1. The zero-order valence-corrected chi connectivity index (χ0v) is 10.6. The lowest BCUT2D eigenvalue weighted by Gasteiger charge is -2.10. The summed E-state index contributed by atoms with van der Waals surface area (Å²) in [5.41, 5.74) is 1.20. The topological polar surface area (TPSA) is 49.3 Å². The molecule has 18 heavy (non-hydrogen) atoms. The Balaban J connectivity index is 1.63. The fraction of sp³-hybridized carbons (Fsp3) is 0.533. The van der Waals surface area contributed by atoms with Gasteiger partial charge in [0.05, 0.1) is 6.10 Å². The summed E-state index contributed by atoms with van der Waals surface area (Å²) in [6.45, 7) is 0.713. The van der Waals surface area contributed by atoms with Crippen LogP contribution in [0.2, 0.25) is 0 Å². The maximum atomic E-state index is 11.7. The van der Waals surface area contributed by atoms with E-state index in [0.29, 0.717) is 18.9 Å². The predicted octanol–water partition coefficient (Wildman–Crippen LogP) is 1.90. The largest absolute Gasteiger partial charge is 0.393 e. The molecule has 2 N–H and O–H groups in total. The van der Waals surface area contributed by atoms with Crippen LogP contribution >= 0.6 is 0 Å². The summed E-state index contributed by atoms with van der Waals surface area (Å²) >= 11 is 0. The number of carbonyl (C=O) groups excluding carboxylic acids is 1. The Bertz CT molecular complexity index is 377. The average Bonchev–Trinajstić information content (AvgIpc) is 2.81. The van der Waals surface area contributed by atoms with E-state index in [0.717, 1.165) is 25.7 Å². The minimum Gasteiger partial charge on any atom is -0.393 e. The third-order valence-corrected chi connectivity index (χ3v) is 3.59. The molecule has 2 unspecified atom stereocenters. The van der Waals surface area contributed by atoms with Gasteiger partial charge in [0, 0.05) is 13.0 Å². The molecule has 1 aromatic rings. The first-order valence-corrected chi connectivity index (χ1v) is 6.72. The average molecular weight is 247 g/mol.